The summed E-state index contributed by atoms with van der Waals surface area (Å²) in [6, 6.07) is 21.9. The van der Waals surface area contributed by atoms with Gasteiger partial charge in [0, 0.05) is 6.61 Å². The van der Waals surface area contributed by atoms with Crippen LogP contribution in [0.5, 0.6) is 0 Å². The molecule has 5 atom stereocenters. The zero-order chi connectivity index (χ0) is 24.8. The number of aliphatic hydroxyl groups is 1. The lowest BCUT2D eigenvalue weighted by Gasteiger charge is -2.60. The molecule has 2 aliphatic rings. The second-order valence-corrected chi connectivity index (χ2v) is 17.4. The molecular weight excluding hydrogens is 432 g/mol. The Morgan fingerprint density at radius 3 is 1.94 bits per heavy atom. The molecule has 2 saturated carbocycles. The van der Waals surface area contributed by atoms with Gasteiger partial charge in [0.2, 0.25) is 0 Å². The summed E-state index contributed by atoms with van der Waals surface area (Å²) in [6.07, 6.45) is 4.46. The van der Waals surface area contributed by atoms with Gasteiger partial charge in [-0.25, -0.2) is 0 Å². The number of hydrogen-bond donors (Lipinski definition) is 1. The molecule has 0 bridgehead atoms. The van der Waals surface area contributed by atoms with E-state index in [2.05, 4.69) is 109 Å². The Morgan fingerprint density at radius 1 is 0.912 bits per heavy atom. The lowest BCUT2D eigenvalue weighted by Crippen LogP contribution is -2.67. The summed E-state index contributed by atoms with van der Waals surface area (Å²) in [6.45, 7) is 17.4. The molecule has 2 fully saturated rings. The van der Waals surface area contributed by atoms with E-state index in [4.69, 9.17) is 4.43 Å². The Labute approximate surface area is 209 Å². The highest BCUT2D eigenvalue weighted by Gasteiger charge is 2.58. The van der Waals surface area contributed by atoms with Gasteiger partial charge in [-0.15, -0.1) is 0 Å². The normalized spacial score (nSPS) is 31.6. The third-order valence-electron chi connectivity index (χ3n) is 9.74. The number of aliphatic hydroxyl groups excluding tert-OH is 1. The van der Waals surface area contributed by atoms with E-state index in [0.29, 0.717) is 18.4 Å². The molecule has 0 saturated heterocycles. The Hall–Kier alpha value is -1.42. The monoisotopic (exact) mass is 478 g/mol. The van der Waals surface area contributed by atoms with Gasteiger partial charge in [0.25, 0.3) is 8.32 Å². The van der Waals surface area contributed by atoms with E-state index in [-0.39, 0.29) is 27.9 Å². The van der Waals surface area contributed by atoms with Crippen LogP contribution in [-0.2, 0) is 4.43 Å². The quantitative estimate of drug-likeness (QED) is 0.503. The summed E-state index contributed by atoms with van der Waals surface area (Å²) in [5.41, 5.74) is 0.468. The molecule has 0 aromatic heterocycles. The maximum absolute atomic E-state index is 11.2. The molecular formula is C31H46O2Si. The van der Waals surface area contributed by atoms with Gasteiger partial charge in [-0.2, -0.15) is 0 Å². The third kappa shape index (κ3) is 4.22. The first-order valence-electron chi connectivity index (χ1n) is 13.4. The lowest BCUT2D eigenvalue weighted by atomic mass is 9.46. The summed E-state index contributed by atoms with van der Waals surface area (Å²) in [5, 5.41) is 13.9. The SMILES string of the molecule is C[C@H]1[C@H](O)CC2C(C)(C)CCC[C@]2(C)[C@H]1CO[Si](c1ccccc1)(c1ccccc1)C(C)(C)C. The Balaban J connectivity index is 1.78. The zero-order valence-corrected chi connectivity index (χ0v) is 23.5. The first kappa shape index (κ1) is 25.7. The molecule has 1 N–H and O–H groups in total. The molecule has 0 amide bonds. The molecule has 2 aliphatic carbocycles. The standard InChI is InChI=1S/C31H46O2Si/c1-23-26(31(7)20-14-19-30(5,6)28(31)21-27(23)32)22-33-34(29(2,3)4,24-15-10-8-11-16-24)25-17-12-9-13-18-25/h8-13,15-18,23,26-28,32H,14,19-22H2,1-7H3/t23-,26+,27-,28?,31-/m1/s1. The van der Waals surface area contributed by atoms with Gasteiger partial charge in [-0.1, -0.05) is 116 Å². The van der Waals surface area contributed by atoms with Crippen LogP contribution in [0.2, 0.25) is 5.04 Å². The molecule has 3 heteroatoms. The zero-order valence-electron chi connectivity index (χ0n) is 22.5. The first-order chi connectivity index (χ1) is 15.9. The number of hydrogen-bond acceptors (Lipinski definition) is 2. The van der Waals surface area contributed by atoms with Crippen LogP contribution in [-0.4, -0.2) is 26.1 Å². The van der Waals surface area contributed by atoms with Gasteiger partial charge in [0.15, 0.2) is 0 Å². The van der Waals surface area contributed by atoms with Crippen LogP contribution in [0.1, 0.15) is 74.1 Å². The molecule has 34 heavy (non-hydrogen) atoms. The molecule has 2 aromatic rings. The van der Waals surface area contributed by atoms with Crippen LogP contribution >= 0.6 is 0 Å². The summed E-state index contributed by atoms with van der Waals surface area (Å²) < 4.78 is 7.43. The lowest BCUT2D eigenvalue weighted by molar-refractivity contribution is -0.148. The summed E-state index contributed by atoms with van der Waals surface area (Å²) in [7, 11) is -2.59. The average Bonchev–Trinajstić information content (AvgIpc) is 2.78. The van der Waals surface area contributed by atoms with Crippen molar-refractivity contribution < 1.29 is 9.53 Å². The fourth-order valence-corrected chi connectivity index (χ4v) is 12.4. The molecule has 0 radical (unpaired) electrons. The third-order valence-corrected chi connectivity index (χ3v) is 14.7. The minimum absolute atomic E-state index is 0.0294. The van der Waals surface area contributed by atoms with Crippen LogP contribution < -0.4 is 10.4 Å². The van der Waals surface area contributed by atoms with Crippen molar-refractivity contribution >= 4 is 18.7 Å². The fraction of sp³-hybridized carbons (Fsp3) is 0.613. The molecule has 1 unspecified atom stereocenters. The number of benzene rings is 2. The number of rotatable bonds is 5. The minimum atomic E-state index is -2.59. The molecule has 2 nitrogen and oxygen atoms in total. The van der Waals surface area contributed by atoms with Gasteiger partial charge < -0.3 is 9.53 Å². The Bertz CT molecular complexity index is 909. The smallest absolute Gasteiger partial charge is 0.261 e. The van der Waals surface area contributed by atoms with E-state index in [1.165, 1.54) is 29.6 Å². The number of fused-ring (bicyclic) bond motifs is 1. The maximum Gasteiger partial charge on any atom is 0.261 e. The van der Waals surface area contributed by atoms with Crippen molar-refractivity contribution in [1.29, 1.82) is 0 Å². The van der Waals surface area contributed by atoms with E-state index in [9.17, 15) is 5.11 Å². The highest BCUT2D eigenvalue weighted by atomic mass is 28.4. The van der Waals surface area contributed by atoms with Crippen LogP contribution in [0.15, 0.2) is 60.7 Å². The summed E-state index contributed by atoms with van der Waals surface area (Å²) >= 11 is 0. The summed E-state index contributed by atoms with van der Waals surface area (Å²) in [5.74, 6) is 1.13. The fourth-order valence-electron chi connectivity index (χ4n) is 7.84. The predicted molar refractivity (Wildman–Crippen MR) is 146 cm³/mol. The van der Waals surface area contributed by atoms with Crippen LogP contribution in [0.4, 0.5) is 0 Å². The van der Waals surface area contributed by atoms with Gasteiger partial charge in [0.1, 0.15) is 0 Å². The van der Waals surface area contributed by atoms with Crippen LogP contribution in [0.25, 0.3) is 0 Å². The van der Waals surface area contributed by atoms with Crippen LogP contribution in [0.3, 0.4) is 0 Å². The van der Waals surface area contributed by atoms with Crippen molar-refractivity contribution in [1.82, 2.24) is 0 Å². The second kappa shape index (κ2) is 9.22. The van der Waals surface area contributed by atoms with Crippen molar-refractivity contribution in [3.8, 4) is 0 Å². The minimum Gasteiger partial charge on any atom is -0.407 e. The predicted octanol–water partition coefficient (Wildman–Crippen LogP) is 6.41. The molecule has 0 heterocycles. The average molecular weight is 479 g/mol. The van der Waals surface area contributed by atoms with E-state index < -0.39 is 8.32 Å². The van der Waals surface area contributed by atoms with Crippen LogP contribution in [0, 0.1) is 28.6 Å². The van der Waals surface area contributed by atoms with E-state index >= 15 is 0 Å². The Morgan fingerprint density at radius 2 is 1.44 bits per heavy atom. The van der Waals surface area contributed by atoms with Crippen molar-refractivity contribution in [3.05, 3.63) is 60.7 Å². The summed E-state index contributed by atoms with van der Waals surface area (Å²) in [4.78, 5) is 0. The van der Waals surface area contributed by atoms with Crippen molar-refractivity contribution in [2.75, 3.05) is 6.61 Å². The molecule has 0 spiro atoms. The molecule has 0 aliphatic heterocycles. The maximum atomic E-state index is 11.2. The van der Waals surface area contributed by atoms with Gasteiger partial charge in [-0.05, 0) is 63.3 Å². The van der Waals surface area contributed by atoms with Crippen molar-refractivity contribution in [3.63, 3.8) is 0 Å². The highest BCUT2D eigenvalue weighted by molar-refractivity contribution is 6.99. The van der Waals surface area contributed by atoms with Crippen molar-refractivity contribution in [2.24, 2.45) is 28.6 Å². The largest absolute Gasteiger partial charge is 0.407 e. The topological polar surface area (TPSA) is 29.5 Å². The molecule has 2 aromatic carbocycles. The molecule has 4 rings (SSSR count). The molecule has 186 valence electrons. The highest BCUT2D eigenvalue weighted by Crippen LogP contribution is 2.61. The van der Waals surface area contributed by atoms with Gasteiger partial charge >= 0.3 is 0 Å². The Kier molecular flexibility index (Phi) is 6.96. The van der Waals surface area contributed by atoms with E-state index in [0.717, 1.165) is 6.42 Å². The second-order valence-electron chi connectivity index (χ2n) is 13.1. The van der Waals surface area contributed by atoms with Crippen molar-refractivity contribution in [2.45, 2.75) is 85.3 Å². The first-order valence-corrected chi connectivity index (χ1v) is 15.3. The van der Waals surface area contributed by atoms with E-state index in [1.807, 2.05) is 0 Å². The van der Waals surface area contributed by atoms with Gasteiger partial charge in [0.05, 0.1) is 6.10 Å². The van der Waals surface area contributed by atoms with E-state index in [1.54, 1.807) is 0 Å². The van der Waals surface area contributed by atoms with Gasteiger partial charge in [-0.3, -0.25) is 0 Å².